The molecule has 3 heterocycles. The van der Waals surface area contributed by atoms with Crippen molar-refractivity contribution in [1.82, 2.24) is 37.2 Å². The summed E-state index contributed by atoms with van der Waals surface area (Å²) in [5.74, 6) is 0.291. The van der Waals surface area contributed by atoms with Crippen LogP contribution in [0.1, 0.15) is 24.6 Å². The van der Waals surface area contributed by atoms with Crippen LogP contribution >= 0.6 is 11.8 Å². The fraction of sp³-hybridized carbons (Fsp3) is 0.316. The van der Waals surface area contributed by atoms with Gasteiger partial charge in [0, 0.05) is 21.3 Å². The Morgan fingerprint density at radius 2 is 1.78 bits per heavy atom. The summed E-state index contributed by atoms with van der Waals surface area (Å²) in [5, 5.41) is 9.45. The smallest absolute Gasteiger partial charge is 0.239 e. The van der Waals surface area contributed by atoms with E-state index in [0.717, 1.165) is 37.0 Å². The van der Waals surface area contributed by atoms with Gasteiger partial charge in [0.15, 0.2) is 5.95 Å². The van der Waals surface area contributed by atoms with Crippen molar-refractivity contribution < 1.29 is 8.42 Å². The molecule has 5 rings (SSSR count). The largest absolute Gasteiger partial charge is 0.369 e. The maximum absolute atomic E-state index is 12.9. The van der Waals surface area contributed by atoms with Crippen LogP contribution in [0.3, 0.4) is 0 Å². The molecule has 0 radical (unpaired) electrons. The van der Waals surface area contributed by atoms with Crippen LogP contribution in [0.25, 0.3) is 22.2 Å². The molecule has 2 aliphatic rings. The molecule has 2 fully saturated rings. The number of sulfonamides is 1. The topological polar surface area (TPSA) is 175 Å². The van der Waals surface area contributed by atoms with Gasteiger partial charge < -0.3 is 16.0 Å². The maximum Gasteiger partial charge on any atom is 0.239 e. The van der Waals surface area contributed by atoms with Gasteiger partial charge in [0.2, 0.25) is 10.0 Å². The van der Waals surface area contributed by atoms with Crippen molar-refractivity contribution in [3.8, 4) is 11.1 Å². The molecule has 0 spiro atoms. The Bertz CT molecular complexity index is 1250. The van der Waals surface area contributed by atoms with Gasteiger partial charge in [-0.15, -0.1) is 11.8 Å². The second-order valence-electron chi connectivity index (χ2n) is 7.76. The second-order valence-corrected chi connectivity index (χ2v) is 10.6. The minimum absolute atomic E-state index is 0.106. The zero-order chi connectivity index (χ0) is 22.3. The number of benzene rings is 2. The number of aromatic nitrogens is 2. The summed E-state index contributed by atoms with van der Waals surface area (Å²) in [6.45, 7) is 1.82. The van der Waals surface area contributed by atoms with E-state index in [0.29, 0.717) is 32.7 Å². The van der Waals surface area contributed by atoms with Crippen LogP contribution in [0.5, 0.6) is 0 Å². The highest BCUT2D eigenvalue weighted by molar-refractivity contribution is 8.00. The van der Waals surface area contributed by atoms with Crippen molar-refractivity contribution in [1.29, 1.82) is 0 Å². The number of piperidine rings is 1. The Kier molecular flexibility index (Phi) is 5.81. The summed E-state index contributed by atoms with van der Waals surface area (Å²) < 4.78 is 25.9. The fourth-order valence-electron chi connectivity index (χ4n) is 4.25. The van der Waals surface area contributed by atoms with Gasteiger partial charge in [0.25, 0.3) is 0 Å². The summed E-state index contributed by atoms with van der Waals surface area (Å²) in [4.78, 5) is 8.20. The van der Waals surface area contributed by atoms with Gasteiger partial charge in [-0.25, -0.2) is 29.4 Å². The van der Waals surface area contributed by atoms with Gasteiger partial charge in [0.05, 0.1) is 11.0 Å². The molecule has 0 aliphatic carbocycles. The summed E-state index contributed by atoms with van der Waals surface area (Å²) >= 11 is 1.57. The first-order valence-corrected chi connectivity index (χ1v) is 12.7. The van der Waals surface area contributed by atoms with Crippen LogP contribution in [-0.2, 0) is 10.0 Å². The van der Waals surface area contributed by atoms with E-state index in [1.807, 2.05) is 30.3 Å². The molecule has 2 saturated heterocycles. The number of hydrogen-bond donors (Lipinski definition) is 8. The third-order valence-corrected chi connectivity index (χ3v) is 8.17. The second kappa shape index (κ2) is 8.61. The summed E-state index contributed by atoms with van der Waals surface area (Å²) in [6, 6.07) is 9.41. The number of hydrazine groups is 3. The molecule has 11 nitrogen and oxygen atoms in total. The fourth-order valence-corrected chi connectivity index (χ4v) is 6.82. The normalized spacial score (nSPS) is 18.5. The van der Waals surface area contributed by atoms with E-state index in [2.05, 4.69) is 37.2 Å². The lowest BCUT2D eigenvalue weighted by atomic mass is 9.96. The molecule has 10 N–H and O–H groups in total. The van der Waals surface area contributed by atoms with Gasteiger partial charge >= 0.3 is 0 Å². The van der Waals surface area contributed by atoms with Crippen molar-refractivity contribution in [2.24, 2.45) is 5.14 Å². The monoisotopic (exact) mass is 475 g/mol. The first-order valence-electron chi connectivity index (χ1n) is 10.2. The molecular weight excluding hydrogens is 450 g/mol. The van der Waals surface area contributed by atoms with Crippen molar-refractivity contribution in [2.75, 3.05) is 18.8 Å². The number of nitrogens with zero attached hydrogens (tertiary/aromatic N) is 1. The van der Waals surface area contributed by atoms with E-state index in [9.17, 15) is 8.42 Å². The number of nitrogen functional groups attached to an aromatic ring is 1. The zero-order valence-corrected chi connectivity index (χ0v) is 18.7. The molecule has 13 heteroatoms. The molecule has 0 atom stereocenters. The average molecular weight is 476 g/mol. The predicted molar refractivity (Wildman–Crippen MR) is 124 cm³/mol. The highest BCUT2D eigenvalue weighted by Crippen LogP contribution is 2.42. The van der Waals surface area contributed by atoms with Gasteiger partial charge in [-0.1, -0.05) is 18.2 Å². The molecule has 0 unspecified atom stereocenters. The highest BCUT2D eigenvalue weighted by Gasteiger charge is 2.31. The number of hydrogen-bond acceptors (Lipinski definition) is 10. The summed E-state index contributed by atoms with van der Waals surface area (Å²) in [6.07, 6.45) is 1.36. The van der Waals surface area contributed by atoms with E-state index in [1.54, 1.807) is 11.8 Å². The first-order chi connectivity index (χ1) is 15.4. The van der Waals surface area contributed by atoms with Crippen LogP contribution in [0.2, 0.25) is 0 Å². The highest BCUT2D eigenvalue weighted by atomic mass is 32.2. The Labute approximate surface area is 189 Å². The number of aromatic amines is 1. The standard InChI is InChI=1S/C19H25N9O2S2/c20-19-23-13-3-1-2-12(16(13)24-19)11-4-5-14(31-10-6-8-22-9-7-10)17(32(21,29)30)15(11)18-25-27-28-26-18/h1-5,10,18,22,25-28H,6-9H2,(H3,20,23,24)(H2,21,29,30). The lowest BCUT2D eigenvalue weighted by molar-refractivity contribution is 0.529. The van der Waals surface area contributed by atoms with Crippen LogP contribution in [0.4, 0.5) is 5.95 Å². The first kappa shape index (κ1) is 21.6. The molecule has 3 aromatic rings. The van der Waals surface area contributed by atoms with Crippen LogP contribution in [0, 0.1) is 0 Å². The Morgan fingerprint density at radius 3 is 2.50 bits per heavy atom. The molecule has 0 saturated carbocycles. The zero-order valence-electron chi connectivity index (χ0n) is 17.1. The van der Waals surface area contributed by atoms with E-state index >= 15 is 0 Å². The number of primary sulfonamides is 1. The molecule has 0 amide bonds. The lowest BCUT2D eigenvalue weighted by Crippen LogP contribution is -2.33. The number of thioether (sulfide) groups is 1. The van der Waals surface area contributed by atoms with Crippen molar-refractivity contribution in [3.63, 3.8) is 0 Å². The van der Waals surface area contributed by atoms with Gasteiger partial charge in [-0.05, 0) is 43.6 Å². The summed E-state index contributed by atoms with van der Waals surface area (Å²) in [5.41, 5.74) is 20.8. The number of rotatable bonds is 5. The van der Waals surface area contributed by atoms with Gasteiger partial charge in [-0.2, -0.15) is 11.1 Å². The van der Waals surface area contributed by atoms with Crippen molar-refractivity contribution in [3.05, 3.63) is 35.9 Å². The number of fused-ring (bicyclic) bond motifs is 1. The molecule has 2 aliphatic heterocycles. The van der Waals surface area contributed by atoms with Crippen molar-refractivity contribution in [2.45, 2.75) is 34.0 Å². The Hall–Kier alpha value is -2.23. The lowest BCUT2D eigenvalue weighted by Gasteiger charge is -2.25. The van der Waals surface area contributed by atoms with E-state index in [4.69, 9.17) is 10.9 Å². The minimum Gasteiger partial charge on any atom is -0.369 e. The van der Waals surface area contributed by atoms with Crippen LogP contribution in [-0.4, -0.2) is 36.7 Å². The molecule has 32 heavy (non-hydrogen) atoms. The number of imidazole rings is 1. The number of nitrogens with one attached hydrogen (secondary N) is 6. The number of H-pyrrole nitrogens is 1. The van der Waals surface area contributed by atoms with E-state index in [1.165, 1.54) is 0 Å². The summed E-state index contributed by atoms with van der Waals surface area (Å²) in [7, 11) is -4.06. The predicted octanol–water partition coefficient (Wildman–Crippen LogP) is 0.419. The third-order valence-electron chi connectivity index (χ3n) is 5.63. The molecular formula is C19H25N9O2S2. The SMILES string of the molecule is Nc1nc2c(-c3ccc(SC4CCNCC4)c(S(N)(=O)=O)c3C3NNNN3)cccc2[nH]1. The molecule has 1 aromatic heterocycles. The van der Waals surface area contributed by atoms with Crippen LogP contribution in [0.15, 0.2) is 40.1 Å². The van der Waals surface area contributed by atoms with Gasteiger partial charge in [0.1, 0.15) is 11.1 Å². The quantitative estimate of drug-likeness (QED) is 0.258. The number of para-hydroxylation sites is 1. The Morgan fingerprint density at radius 1 is 1.03 bits per heavy atom. The minimum atomic E-state index is -4.06. The maximum atomic E-state index is 12.9. The van der Waals surface area contributed by atoms with Crippen molar-refractivity contribution >= 4 is 38.8 Å². The van der Waals surface area contributed by atoms with Gasteiger partial charge in [-0.3, -0.25) is 0 Å². The van der Waals surface area contributed by atoms with Crippen LogP contribution < -0.4 is 38.1 Å². The van der Waals surface area contributed by atoms with E-state index in [-0.39, 0.29) is 4.90 Å². The molecule has 170 valence electrons. The molecule has 2 aromatic carbocycles. The molecule has 0 bridgehead atoms. The Balaban J connectivity index is 1.73. The van der Waals surface area contributed by atoms with E-state index < -0.39 is 16.2 Å². The average Bonchev–Trinajstić information content (AvgIpc) is 3.42. The third kappa shape index (κ3) is 4.09. The number of nitrogens with two attached hydrogens (primary N) is 2. The number of anilines is 1.